The predicted molar refractivity (Wildman–Crippen MR) is 68.9 cm³/mol. The summed E-state index contributed by atoms with van der Waals surface area (Å²) in [4.78, 5) is 0. The molecule has 1 aromatic carbocycles. The number of hydrogen-bond acceptors (Lipinski definition) is 3. The van der Waals surface area contributed by atoms with E-state index in [4.69, 9.17) is 15.2 Å². The lowest BCUT2D eigenvalue weighted by atomic mass is 9.63. The summed E-state index contributed by atoms with van der Waals surface area (Å²) in [5.41, 5.74) is 8.60. The Balaban J connectivity index is 2.51. The average Bonchev–Trinajstić information content (AvgIpc) is 2.30. The molecule has 0 bridgehead atoms. The number of methoxy groups -OCH3 is 2. The summed E-state index contributed by atoms with van der Waals surface area (Å²) in [5, 5.41) is 0. The van der Waals surface area contributed by atoms with Crippen LogP contribution in [0.4, 0.5) is 0 Å². The Morgan fingerprint density at radius 2 is 1.94 bits per heavy atom. The molecule has 0 saturated heterocycles. The van der Waals surface area contributed by atoms with E-state index in [0.29, 0.717) is 6.54 Å². The van der Waals surface area contributed by atoms with E-state index in [9.17, 15) is 0 Å². The summed E-state index contributed by atoms with van der Waals surface area (Å²) in [6.07, 6.45) is 3.59. The Morgan fingerprint density at radius 1 is 1.24 bits per heavy atom. The van der Waals surface area contributed by atoms with Gasteiger partial charge in [0.25, 0.3) is 0 Å². The largest absolute Gasteiger partial charge is 0.497 e. The lowest BCUT2D eigenvalue weighted by Gasteiger charge is -2.42. The molecule has 2 N–H and O–H groups in total. The molecule has 3 heteroatoms. The molecule has 0 unspecified atom stereocenters. The molecule has 1 fully saturated rings. The van der Waals surface area contributed by atoms with Crippen molar-refractivity contribution in [1.29, 1.82) is 0 Å². The lowest BCUT2D eigenvalue weighted by Crippen LogP contribution is -2.42. The number of benzene rings is 1. The van der Waals surface area contributed by atoms with Crippen molar-refractivity contribution in [1.82, 2.24) is 0 Å². The zero-order valence-corrected chi connectivity index (χ0v) is 10.9. The van der Waals surface area contributed by atoms with Crippen LogP contribution >= 0.6 is 0 Å². The third-order valence-electron chi connectivity index (χ3n) is 4.06. The maximum atomic E-state index is 5.97. The normalized spacial score (nSPS) is 17.4. The highest BCUT2D eigenvalue weighted by Gasteiger charge is 2.39. The van der Waals surface area contributed by atoms with Gasteiger partial charge in [0.15, 0.2) is 0 Å². The molecule has 17 heavy (non-hydrogen) atoms. The van der Waals surface area contributed by atoms with Gasteiger partial charge in [0.05, 0.1) is 14.2 Å². The van der Waals surface area contributed by atoms with Crippen LogP contribution in [0.5, 0.6) is 11.5 Å². The van der Waals surface area contributed by atoms with Gasteiger partial charge in [0, 0.05) is 18.0 Å². The number of hydrogen-bond donors (Lipinski definition) is 1. The topological polar surface area (TPSA) is 44.5 Å². The highest BCUT2D eigenvalue weighted by atomic mass is 16.5. The van der Waals surface area contributed by atoms with Crippen molar-refractivity contribution in [2.24, 2.45) is 5.73 Å². The first-order valence-corrected chi connectivity index (χ1v) is 6.10. The third kappa shape index (κ3) is 1.89. The quantitative estimate of drug-likeness (QED) is 0.871. The fraction of sp³-hybridized carbons (Fsp3) is 0.571. The van der Waals surface area contributed by atoms with Crippen molar-refractivity contribution >= 4 is 0 Å². The van der Waals surface area contributed by atoms with Gasteiger partial charge in [-0.15, -0.1) is 0 Å². The average molecular weight is 235 g/mol. The van der Waals surface area contributed by atoms with Crippen molar-refractivity contribution in [3.05, 3.63) is 23.3 Å². The molecule has 1 aliphatic carbocycles. The monoisotopic (exact) mass is 235 g/mol. The number of ether oxygens (including phenoxy) is 2. The van der Waals surface area contributed by atoms with E-state index in [2.05, 4.69) is 13.0 Å². The second-order valence-corrected chi connectivity index (χ2v) is 4.84. The van der Waals surface area contributed by atoms with Crippen LogP contribution in [0.25, 0.3) is 0 Å². The first-order valence-electron chi connectivity index (χ1n) is 6.10. The molecule has 0 aromatic heterocycles. The first-order chi connectivity index (χ1) is 8.16. The molecule has 1 saturated carbocycles. The van der Waals surface area contributed by atoms with Gasteiger partial charge in [-0.3, -0.25) is 0 Å². The van der Waals surface area contributed by atoms with Gasteiger partial charge in [-0.1, -0.05) is 6.42 Å². The van der Waals surface area contributed by atoms with Crippen LogP contribution in [0.15, 0.2) is 12.1 Å². The molecule has 0 spiro atoms. The SMILES string of the molecule is COc1cc(OC)c(C)c(C2(CN)CCC2)c1. The van der Waals surface area contributed by atoms with E-state index in [-0.39, 0.29) is 5.41 Å². The van der Waals surface area contributed by atoms with Crippen molar-refractivity contribution in [2.75, 3.05) is 20.8 Å². The molecule has 2 rings (SSSR count). The summed E-state index contributed by atoms with van der Waals surface area (Å²) in [7, 11) is 3.38. The molecule has 0 aliphatic heterocycles. The fourth-order valence-corrected chi connectivity index (χ4v) is 2.73. The smallest absolute Gasteiger partial charge is 0.125 e. The van der Waals surface area contributed by atoms with Crippen LogP contribution in [0.2, 0.25) is 0 Å². The maximum Gasteiger partial charge on any atom is 0.125 e. The van der Waals surface area contributed by atoms with Crippen LogP contribution in [0.1, 0.15) is 30.4 Å². The second kappa shape index (κ2) is 4.57. The van der Waals surface area contributed by atoms with Gasteiger partial charge in [-0.25, -0.2) is 0 Å². The van der Waals surface area contributed by atoms with Gasteiger partial charge in [-0.2, -0.15) is 0 Å². The van der Waals surface area contributed by atoms with Crippen LogP contribution in [-0.2, 0) is 5.41 Å². The van der Waals surface area contributed by atoms with E-state index >= 15 is 0 Å². The van der Waals surface area contributed by atoms with Crippen molar-refractivity contribution in [3.63, 3.8) is 0 Å². The minimum atomic E-state index is 0.145. The van der Waals surface area contributed by atoms with Crippen molar-refractivity contribution < 1.29 is 9.47 Å². The van der Waals surface area contributed by atoms with E-state index in [1.54, 1.807) is 14.2 Å². The number of nitrogens with two attached hydrogens (primary N) is 1. The zero-order valence-electron chi connectivity index (χ0n) is 10.9. The van der Waals surface area contributed by atoms with Gasteiger partial charge in [0.2, 0.25) is 0 Å². The summed E-state index contributed by atoms with van der Waals surface area (Å²) in [6, 6.07) is 4.05. The second-order valence-electron chi connectivity index (χ2n) is 4.84. The summed E-state index contributed by atoms with van der Waals surface area (Å²) in [5.74, 6) is 1.74. The molecular weight excluding hydrogens is 214 g/mol. The Morgan fingerprint density at radius 3 is 2.35 bits per heavy atom. The molecule has 94 valence electrons. The molecular formula is C14H21NO2. The maximum absolute atomic E-state index is 5.97. The third-order valence-corrected chi connectivity index (χ3v) is 4.06. The molecule has 0 amide bonds. The molecule has 0 atom stereocenters. The molecule has 1 aromatic rings. The Bertz CT molecular complexity index is 405. The van der Waals surface area contributed by atoms with Crippen molar-refractivity contribution in [3.8, 4) is 11.5 Å². The van der Waals surface area contributed by atoms with Crippen LogP contribution in [0, 0.1) is 6.92 Å². The van der Waals surface area contributed by atoms with Gasteiger partial charge >= 0.3 is 0 Å². The van der Waals surface area contributed by atoms with Gasteiger partial charge < -0.3 is 15.2 Å². The summed E-state index contributed by atoms with van der Waals surface area (Å²) < 4.78 is 10.8. The molecule has 1 aliphatic rings. The Kier molecular flexibility index (Phi) is 3.29. The summed E-state index contributed by atoms with van der Waals surface area (Å²) in [6.45, 7) is 2.80. The van der Waals surface area contributed by atoms with E-state index in [1.165, 1.54) is 30.4 Å². The Hall–Kier alpha value is -1.22. The lowest BCUT2D eigenvalue weighted by molar-refractivity contribution is 0.249. The van der Waals surface area contributed by atoms with Crippen LogP contribution in [-0.4, -0.2) is 20.8 Å². The summed E-state index contributed by atoms with van der Waals surface area (Å²) >= 11 is 0. The van der Waals surface area contributed by atoms with E-state index < -0.39 is 0 Å². The van der Waals surface area contributed by atoms with Gasteiger partial charge in [-0.05, 0) is 37.0 Å². The van der Waals surface area contributed by atoms with Crippen LogP contribution < -0.4 is 15.2 Å². The first kappa shape index (κ1) is 12.2. The minimum Gasteiger partial charge on any atom is -0.497 e. The highest BCUT2D eigenvalue weighted by molar-refractivity contribution is 5.50. The molecule has 3 nitrogen and oxygen atoms in total. The number of rotatable bonds is 4. The minimum absolute atomic E-state index is 0.145. The van der Waals surface area contributed by atoms with Crippen molar-refractivity contribution in [2.45, 2.75) is 31.6 Å². The predicted octanol–water partition coefficient (Wildman–Crippen LogP) is 2.39. The standard InChI is InChI=1S/C14H21NO2/c1-10-12(14(9-15)5-4-6-14)7-11(16-2)8-13(10)17-3/h7-8H,4-6,9,15H2,1-3H3. The highest BCUT2D eigenvalue weighted by Crippen LogP contribution is 2.46. The Labute approximate surface area is 103 Å². The zero-order chi connectivity index (χ0) is 12.5. The molecule has 0 heterocycles. The van der Waals surface area contributed by atoms with E-state index in [1.807, 2.05) is 6.07 Å². The van der Waals surface area contributed by atoms with E-state index in [0.717, 1.165) is 11.5 Å². The van der Waals surface area contributed by atoms with Crippen LogP contribution in [0.3, 0.4) is 0 Å². The van der Waals surface area contributed by atoms with Gasteiger partial charge in [0.1, 0.15) is 11.5 Å². The molecule has 0 radical (unpaired) electrons. The fourth-order valence-electron chi connectivity index (χ4n) is 2.73.